The van der Waals surface area contributed by atoms with Gasteiger partial charge in [-0.25, -0.2) is 4.79 Å². The van der Waals surface area contributed by atoms with Crippen molar-refractivity contribution in [1.82, 2.24) is 10.1 Å². The van der Waals surface area contributed by atoms with E-state index in [9.17, 15) is 18.0 Å². The predicted octanol–water partition coefficient (Wildman–Crippen LogP) is 2.45. The molecule has 18 heavy (non-hydrogen) atoms. The van der Waals surface area contributed by atoms with Crippen LogP contribution in [0.4, 0.5) is 13.2 Å². The summed E-state index contributed by atoms with van der Waals surface area (Å²) in [5, 5.41) is 11.8. The molecule has 1 aromatic carbocycles. The number of carboxylic acid groups (broad SMARTS) is 1. The highest BCUT2D eigenvalue weighted by Gasteiger charge is 2.38. The van der Waals surface area contributed by atoms with Crippen LogP contribution in [0, 0.1) is 0 Å². The molecule has 0 aliphatic carbocycles. The lowest BCUT2D eigenvalue weighted by atomic mass is 10.1. The van der Waals surface area contributed by atoms with Crippen molar-refractivity contribution in [3.05, 3.63) is 35.7 Å². The van der Waals surface area contributed by atoms with Crippen LogP contribution < -0.4 is 0 Å². The third-order valence-electron chi connectivity index (χ3n) is 2.06. The Morgan fingerprint density at radius 3 is 2.28 bits per heavy atom. The Morgan fingerprint density at radius 2 is 1.83 bits per heavy atom. The van der Waals surface area contributed by atoms with E-state index in [-0.39, 0.29) is 17.0 Å². The molecule has 0 aliphatic rings. The van der Waals surface area contributed by atoms with Crippen LogP contribution in [0.2, 0.25) is 0 Å². The zero-order valence-corrected chi connectivity index (χ0v) is 8.60. The number of carbonyl (C=O) groups is 1. The highest BCUT2D eigenvalue weighted by Crippen LogP contribution is 2.29. The summed E-state index contributed by atoms with van der Waals surface area (Å²) in [5.41, 5.74) is 0.248. The molecule has 0 atom stereocenters. The minimum absolute atomic E-state index is 0.0123. The number of nitrogens with zero attached hydrogens (tertiary/aromatic N) is 2. The lowest BCUT2D eigenvalue weighted by molar-refractivity contribution is -0.159. The maximum atomic E-state index is 12.2. The van der Waals surface area contributed by atoms with Crippen LogP contribution in [0.25, 0.3) is 11.4 Å². The maximum Gasteiger partial charge on any atom is 0.471 e. The molecular weight excluding hydrogens is 253 g/mol. The van der Waals surface area contributed by atoms with E-state index in [0.29, 0.717) is 0 Å². The van der Waals surface area contributed by atoms with Crippen molar-refractivity contribution in [2.45, 2.75) is 6.18 Å². The monoisotopic (exact) mass is 258 g/mol. The van der Waals surface area contributed by atoms with Crippen LogP contribution in [-0.2, 0) is 6.18 Å². The lowest BCUT2D eigenvalue weighted by Gasteiger charge is -1.97. The summed E-state index contributed by atoms with van der Waals surface area (Å²) in [6.07, 6.45) is -4.70. The molecule has 0 fully saturated rings. The van der Waals surface area contributed by atoms with Gasteiger partial charge in [0, 0.05) is 5.56 Å². The van der Waals surface area contributed by atoms with Gasteiger partial charge in [0.15, 0.2) is 0 Å². The molecule has 94 valence electrons. The van der Waals surface area contributed by atoms with Gasteiger partial charge in [-0.2, -0.15) is 18.2 Å². The first kappa shape index (κ1) is 12.1. The lowest BCUT2D eigenvalue weighted by Crippen LogP contribution is -2.04. The van der Waals surface area contributed by atoms with Crippen molar-refractivity contribution in [2.24, 2.45) is 0 Å². The van der Waals surface area contributed by atoms with Gasteiger partial charge in [0.2, 0.25) is 5.82 Å². The van der Waals surface area contributed by atoms with Crippen molar-refractivity contribution in [3.63, 3.8) is 0 Å². The van der Waals surface area contributed by atoms with E-state index in [0.717, 1.165) is 0 Å². The van der Waals surface area contributed by atoms with Crippen molar-refractivity contribution < 1.29 is 27.6 Å². The van der Waals surface area contributed by atoms with Crippen LogP contribution in [0.5, 0.6) is 0 Å². The van der Waals surface area contributed by atoms with Gasteiger partial charge in [0.1, 0.15) is 0 Å². The van der Waals surface area contributed by atoms with E-state index >= 15 is 0 Å². The molecule has 0 amide bonds. The summed E-state index contributed by atoms with van der Waals surface area (Å²) in [6, 6.07) is 5.07. The Labute approximate surface area is 97.9 Å². The van der Waals surface area contributed by atoms with E-state index in [1.54, 1.807) is 0 Å². The fourth-order valence-corrected chi connectivity index (χ4v) is 1.22. The van der Waals surface area contributed by atoms with Gasteiger partial charge in [0.25, 0.3) is 0 Å². The standard InChI is InChI=1S/C10H5F3N2O3/c11-10(12,13)9-14-7(15-18-9)5-1-3-6(4-2-5)8(16)17/h1-4H,(H,16,17). The Morgan fingerprint density at radius 1 is 1.22 bits per heavy atom. The summed E-state index contributed by atoms with van der Waals surface area (Å²) in [4.78, 5) is 13.8. The molecule has 2 aromatic rings. The quantitative estimate of drug-likeness (QED) is 0.895. The van der Waals surface area contributed by atoms with Crippen LogP contribution in [0.1, 0.15) is 16.2 Å². The van der Waals surface area contributed by atoms with E-state index in [4.69, 9.17) is 5.11 Å². The van der Waals surface area contributed by atoms with Crippen molar-refractivity contribution in [2.75, 3.05) is 0 Å². The predicted molar refractivity (Wildman–Crippen MR) is 51.7 cm³/mol. The molecule has 1 aromatic heterocycles. The minimum Gasteiger partial charge on any atom is -0.478 e. The normalized spacial score (nSPS) is 11.5. The highest BCUT2D eigenvalue weighted by molar-refractivity contribution is 5.88. The van der Waals surface area contributed by atoms with Gasteiger partial charge in [-0.15, -0.1) is 0 Å². The largest absolute Gasteiger partial charge is 0.478 e. The van der Waals surface area contributed by atoms with E-state index in [1.165, 1.54) is 24.3 Å². The molecule has 2 rings (SSSR count). The molecule has 0 unspecified atom stereocenters. The number of rotatable bonds is 2. The Bertz CT molecular complexity index is 575. The molecule has 0 spiro atoms. The number of hydrogen-bond donors (Lipinski definition) is 1. The van der Waals surface area contributed by atoms with Gasteiger partial charge in [0.05, 0.1) is 5.56 Å². The van der Waals surface area contributed by atoms with Gasteiger partial charge in [-0.3, -0.25) is 0 Å². The topological polar surface area (TPSA) is 76.2 Å². The van der Waals surface area contributed by atoms with E-state index in [2.05, 4.69) is 14.7 Å². The molecule has 0 saturated carbocycles. The average molecular weight is 258 g/mol. The fourth-order valence-electron chi connectivity index (χ4n) is 1.22. The average Bonchev–Trinajstić information content (AvgIpc) is 2.78. The molecule has 0 bridgehead atoms. The molecule has 5 nitrogen and oxygen atoms in total. The van der Waals surface area contributed by atoms with E-state index < -0.39 is 18.0 Å². The molecule has 0 radical (unpaired) electrons. The number of aromatic carboxylic acids is 1. The first-order chi connectivity index (χ1) is 8.38. The SMILES string of the molecule is O=C(O)c1ccc(-c2noc(C(F)(F)F)n2)cc1. The fraction of sp³-hybridized carbons (Fsp3) is 0.100. The summed E-state index contributed by atoms with van der Waals surface area (Å²) in [5.74, 6) is -2.83. The van der Waals surface area contributed by atoms with Crippen LogP contribution in [0.3, 0.4) is 0 Å². The Kier molecular flexibility index (Phi) is 2.77. The van der Waals surface area contributed by atoms with Gasteiger partial charge < -0.3 is 9.63 Å². The van der Waals surface area contributed by atoms with Gasteiger partial charge >= 0.3 is 18.0 Å². The van der Waals surface area contributed by atoms with Crippen molar-refractivity contribution in [1.29, 1.82) is 0 Å². The zero-order chi connectivity index (χ0) is 13.3. The second kappa shape index (κ2) is 4.13. The smallest absolute Gasteiger partial charge is 0.471 e. The first-order valence-electron chi connectivity index (χ1n) is 4.62. The molecule has 0 saturated heterocycles. The highest BCUT2D eigenvalue weighted by atomic mass is 19.4. The Hall–Kier alpha value is -2.38. The zero-order valence-electron chi connectivity index (χ0n) is 8.60. The number of hydrogen-bond acceptors (Lipinski definition) is 4. The molecule has 1 N–H and O–H groups in total. The molecule has 8 heteroatoms. The van der Waals surface area contributed by atoms with Crippen molar-refractivity contribution in [3.8, 4) is 11.4 Å². The van der Waals surface area contributed by atoms with Crippen LogP contribution in [0.15, 0.2) is 28.8 Å². The minimum atomic E-state index is -4.70. The number of aromatic nitrogens is 2. The number of benzene rings is 1. The van der Waals surface area contributed by atoms with Crippen LogP contribution >= 0.6 is 0 Å². The van der Waals surface area contributed by atoms with Gasteiger partial charge in [-0.1, -0.05) is 17.3 Å². The second-order valence-corrected chi connectivity index (χ2v) is 3.30. The summed E-state index contributed by atoms with van der Waals surface area (Å²) in [6.45, 7) is 0. The Balaban J connectivity index is 2.32. The second-order valence-electron chi connectivity index (χ2n) is 3.30. The first-order valence-corrected chi connectivity index (χ1v) is 4.62. The van der Waals surface area contributed by atoms with Crippen LogP contribution in [-0.4, -0.2) is 21.2 Å². The summed E-state index contributed by atoms with van der Waals surface area (Å²) >= 11 is 0. The molecular formula is C10H5F3N2O3. The number of halogens is 3. The summed E-state index contributed by atoms with van der Waals surface area (Å²) < 4.78 is 40.7. The number of carboxylic acids is 1. The van der Waals surface area contributed by atoms with E-state index in [1.807, 2.05) is 0 Å². The third-order valence-corrected chi connectivity index (χ3v) is 2.06. The van der Waals surface area contributed by atoms with Crippen molar-refractivity contribution >= 4 is 5.97 Å². The number of alkyl halides is 3. The maximum absolute atomic E-state index is 12.2. The summed E-state index contributed by atoms with van der Waals surface area (Å²) in [7, 11) is 0. The third kappa shape index (κ3) is 2.31. The molecule has 0 aliphatic heterocycles. The van der Waals surface area contributed by atoms with Gasteiger partial charge in [-0.05, 0) is 12.1 Å². The molecule has 1 heterocycles.